The summed E-state index contributed by atoms with van der Waals surface area (Å²) >= 11 is 4.04. The highest BCUT2D eigenvalue weighted by atomic mass is 32.2. The molecule has 0 N–H and O–H groups in total. The average molecular weight is 388 g/mol. The zero-order valence-corrected chi connectivity index (χ0v) is 18.1. The third-order valence-electron chi connectivity index (χ3n) is 4.64. The second kappa shape index (κ2) is 12.5. The van der Waals surface area contributed by atoms with Gasteiger partial charge in [-0.1, -0.05) is 69.7 Å². The van der Waals surface area contributed by atoms with Gasteiger partial charge in [0.1, 0.15) is 0 Å². The van der Waals surface area contributed by atoms with E-state index in [-0.39, 0.29) is 0 Å². The largest absolute Gasteiger partial charge is 0.303 e. The molecule has 0 unspecified atom stereocenters. The molecule has 26 heavy (non-hydrogen) atoms. The average Bonchev–Trinajstić information content (AvgIpc) is 2.70. The van der Waals surface area contributed by atoms with Crippen LogP contribution in [0.1, 0.15) is 50.0 Å². The molecule has 2 aromatic rings. The van der Waals surface area contributed by atoms with Crippen molar-refractivity contribution >= 4 is 23.5 Å². The first-order chi connectivity index (χ1) is 12.8. The van der Waals surface area contributed by atoms with Gasteiger partial charge in [-0.3, -0.25) is 0 Å². The van der Waals surface area contributed by atoms with Crippen molar-refractivity contribution < 1.29 is 0 Å². The molecule has 2 aromatic carbocycles. The van der Waals surface area contributed by atoms with E-state index >= 15 is 0 Å². The van der Waals surface area contributed by atoms with E-state index in [0.717, 1.165) is 25.4 Å². The molecule has 0 heterocycles. The summed E-state index contributed by atoms with van der Waals surface area (Å²) in [5.41, 5.74) is 2.82. The van der Waals surface area contributed by atoms with Crippen LogP contribution in [0.3, 0.4) is 0 Å². The molecule has 0 amide bonds. The number of unbranched alkanes of at least 4 members (excludes halogenated alkanes) is 1. The Balaban J connectivity index is 2.06. The Morgan fingerprint density at radius 3 is 2.08 bits per heavy atom. The first-order valence-electron chi connectivity index (χ1n) is 9.90. The van der Waals surface area contributed by atoms with Gasteiger partial charge in [-0.05, 0) is 48.5 Å². The lowest BCUT2D eigenvalue weighted by Gasteiger charge is -2.22. The van der Waals surface area contributed by atoms with Crippen LogP contribution in [0, 0.1) is 0 Å². The van der Waals surface area contributed by atoms with Crippen LogP contribution in [0.4, 0.5) is 0 Å². The lowest BCUT2D eigenvalue weighted by Crippen LogP contribution is -2.25. The van der Waals surface area contributed by atoms with Gasteiger partial charge in [-0.15, -0.1) is 23.5 Å². The quantitative estimate of drug-likeness (QED) is 0.293. The topological polar surface area (TPSA) is 3.24 Å². The Morgan fingerprint density at radius 1 is 0.808 bits per heavy atom. The molecule has 0 aromatic heterocycles. The minimum Gasteiger partial charge on any atom is -0.303 e. The molecule has 0 aliphatic rings. The summed E-state index contributed by atoms with van der Waals surface area (Å²) in [6, 6.07) is 20.2. The van der Waals surface area contributed by atoms with Crippen molar-refractivity contribution in [2.45, 2.75) is 43.8 Å². The van der Waals surface area contributed by atoms with E-state index < -0.39 is 0 Å². The smallest absolute Gasteiger partial charge is 0.0547 e. The van der Waals surface area contributed by atoms with Crippen molar-refractivity contribution in [3.05, 3.63) is 65.7 Å². The molecule has 3 heteroatoms. The maximum Gasteiger partial charge on any atom is 0.0547 e. The molecule has 142 valence electrons. The number of rotatable bonds is 12. The van der Waals surface area contributed by atoms with Gasteiger partial charge < -0.3 is 4.90 Å². The zero-order chi connectivity index (χ0) is 18.6. The van der Waals surface area contributed by atoms with Crippen molar-refractivity contribution in [1.82, 2.24) is 4.90 Å². The van der Waals surface area contributed by atoms with E-state index in [1.165, 1.54) is 34.6 Å². The molecule has 0 aliphatic carbocycles. The summed E-state index contributed by atoms with van der Waals surface area (Å²) < 4.78 is 0. The van der Waals surface area contributed by atoms with Crippen LogP contribution in [0.2, 0.25) is 0 Å². The molecule has 0 bridgehead atoms. The molecule has 1 nitrogen and oxygen atoms in total. The fraction of sp³-hybridized carbons (Fsp3) is 0.478. The molecule has 0 fully saturated rings. The number of thioether (sulfide) groups is 2. The third kappa shape index (κ3) is 7.02. The molecule has 1 atom stereocenters. The Hall–Kier alpha value is -0.900. The lowest BCUT2D eigenvalue weighted by atomic mass is 10.0. The van der Waals surface area contributed by atoms with E-state index in [2.05, 4.69) is 92.0 Å². The molecule has 0 saturated carbocycles. The second-order valence-corrected chi connectivity index (χ2v) is 8.84. The highest BCUT2D eigenvalue weighted by Gasteiger charge is 2.15. The van der Waals surface area contributed by atoms with Gasteiger partial charge in [0, 0.05) is 17.2 Å². The van der Waals surface area contributed by atoms with Gasteiger partial charge in [-0.2, -0.15) is 0 Å². The molecule has 0 radical (unpaired) electrons. The van der Waals surface area contributed by atoms with E-state index in [0.29, 0.717) is 5.25 Å². The Labute approximate surface area is 169 Å². The Morgan fingerprint density at radius 2 is 1.46 bits per heavy atom. The van der Waals surface area contributed by atoms with E-state index in [1.807, 2.05) is 11.8 Å². The minimum atomic E-state index is 0.418. The molecule has 0 spiro atoms. The maximum atomic E-state index is 2.50. The molecule has 0 aliphatic heterocycles. The summed E-state index contributed by atoms with van der Waals surface area (Å²) in [5.74, 6) is 2.38. The molecular formula is C23H33NS2. The van der Waals surface area contributed by atoms with Gasteiger partial charge >= 0.3 is 0 Å². The summed E-state index contributed by atoms with van der Waals surface area (Å²) in [7, 11) is 0. The predicted octanol–water partition coefficient (Wildman–Crippen LogP) is 6.74. The van der Waals surface area contributed by atoms with Crippen molar-refractivity contribution in [3.8, 4) is 0 Å². The van der Waals surface area contributed by atoms with Crippen molar-refractivity contribution in [3.63, 3.8) is 0 Å². The normalized spacial score (nSPS) is 12.5. The SMILES string of the molecule is CCCCSc1ccc([C@H](SCCN(CC)CC)c2ccccc2)cc1. The van der Waals surface area contributed by atoms with Crippen molar-refractivity contribution in [1.29, 1.82) is 0 Å². The fourth-order valence-corrected chi connectivity index (χ4v) is 5.22. The monoisotopic (exact) mass is 387 g/mol. The number of hydrogen-bond acceptors (Lipinski definition) is 3. The van der Waals surface area contributed by atoms with E-state index in [1.54, 1.807) is 0 Å². The number of benzene rings is 2. The number of nitrogens with zero attached hydrogens (tertiary/aromatic N) is 1. The fourth-order valence-electron chi connectivity index (χ4n) is 2.93. The third-order valence-corrected chi connectivity index (χ3v) is 7.03. The predicted molar refractivity (Wildman–Crippen MR) is 121 cm³/mol. The van der Waals surface area contributed by atoms with Crippen LogP contribution < -0.4 is 0 Å². The summed E-state index contributed by atoms with van der Waals surface area (Å²) in [6.07, 6.45) is 2.56. The first kappa shape index (κ1) is 21.4. The van der Waals surface area contributed by atoms with E-state index in [4.69, 9.17) is 0 Å². The van der Waals surface area contributed by atoms with E-state index in [9.17, 15) is 0 Å². The van der Waals surface area contributed by atoms with Crippen molar-refractivity contribution in [2.24, 2.45) is 0 Å². The van der Waals surface area contributed by atoms with Crippen LogP contribution in [-0.2, 0) is 0 Å². The van der Waals surface area contributed by atoms with Gasteiger partial charge in [-0.25, -0.2) is 0 Å². The second-order valence-electron chi connectivity index (χ2n) is 6.46. The lowest BCUT2D eigenvalue weighted by molar-refractivity contribution is 0.324. The molecule has 2 rings (SSSR count). The Bertz CT molecular complexity index is 593. The highest BCUT2D eigenvalue weighted by molar-refractivity contribution is 7.99. The van der Waals surface area contributed by atoms with Gasteiger partial charge in [0.2, 0.25) is 0 Å². The first-order valence-corrected chi connectivity index (χ1v) is 11.9. The zero-order valence-electron chi connectivity index (χ0n) is 16.5. The van der Waals surface area contributed by atoms with Gasteiger partial charge in [0.15, 0.2) is 0 Å². The maximum absolute atomic E-state index is 2.50. The van der Waals surface area contributed by atoms with Crippen LogP contribution >= 0.6 is 23.5 Å². The van der Waals surface area contributed by atoms with Crippen LogP contribution in [0.5, 0.6) is 0 Å². The van der Waals surface area contributed by atoms with Gasteiger partial charge in [0.25, 0.3) is 0 Å². The summed E-state index contributed by atoms with van der Waals surface area (Å²) in [4.78, 5) is 3.89. The molecular weight excluding hydrogens is 354 g/mol. The minimum absolute atomic E-state index is 0.418. The number of hydrogen-bond donors (Lipinski definition) is 0. The van der Waals surface area contributed by atoms with Crippen LogP contribution in [0.25, 0.3) is 0 Å². The highest BCUT2D eigenvalue weighted by Crippen LogP contribution is 2.36. The van der Waals surface area contributed by atoms with Crippen molar-refractivity contribution in [2.75, 3.05) is 31.1 Å². The summed E-state index contributed by atoms with van der Waals surface area (Å²) in [5, 5.41) is 0.418. The Kier molecular flexibility index (Phi) is 10.3. The van der Waals surface area contributed by atoms with Crippen LogP contribution in [-0.4, -0.2) is 36.0 Å². The summed E-state index contributed by atoms with van der Waals surface area (Å²) in [6.45, 7) is 10.2. The van der Waals surface area contributed by atoms with Gasteiger partial charge in [0.05, 0.1) is 5.25 Å². The van der Waals surface area contributed by atoms with Crippen LogP contribution in [0.15, 0.2) is 59.5 Å². The standard InChI is InChI=1S/C23H33NS2/c1-4-7-18-25-22-15-13-21(14-16-22)23(20-11-9-8-10-12-20)26-19-17-24(5-2)6-3/h8-16,23H,4-7,17-19H2,1-3H3/t23-/m1/s1. The molecule has 0 saturated heterocycles.